The standard InChI is InChI=1S/C16H23N5O/c1-10(2)21-15-14(9-18-21)13(8-11(3)19-15)16(22)20-6-4-12(17)5-7-20/h8-10,12H,4-7,17H2,1-3H3. The number of hydrogen-bond donors (Lipinski definition) is 1. The number of rotatable bonds is 2. The van der Waals surface area contributed by atoms with Gasteiger partial charge in [0, 0.05) is 30.9 Å². The molecule has 0 aliphatic carbocycles. The van der Waals surface area contributed by atoms with Gasteiger partial charge in [-0.1, -0.05) is 0 Å². The van der Waals surface area contributed by atoms with Gasteiger partial charge >= 0.3 is 0 Å². The number of amides is 1. The van der Waals surface area contributed by atoms with Crippen LogP contribution in [0, 0.1) is 6.92 Å². The molecular formula is C16H23N5O. The highest BCUT2D eigenvalue weighted by Gasteiger charge is 2.24. The van der Waals surface area contributed by atoms with Gasteiger partial charge in [0.1, 0.15) is 0 Å². The smallest absolute Gasteiger partial charge is 0.254 e. The molecule has 0 aromatic carbocycles. The monoisotopic (exact) mass is 301 g/mol. The quantitative estimate of drug-likeness (QED) is 0.919. The van der Waals surface area contributed by atoms with Crippen molar-refractivity contribution in [3.05, 3.63) is 23.5 Å². The van der Waals surface area contributed by atoms with Crippen LogP contribution in [0.4, 0.5) is 0 Å². The molecule has 2 N–H and O–H groups in total. The first kappa shape index (κ1) is 15.0. The molecule has 3 heterocycles. The maximum absolute atomic E-state index is 12.9. The lowest BCUT2D eigenvalue weighted by atomic mass is 10.0. The van der Waals surface area contributed by atoms with Crippen LogP contribution in [0.3, 0.4) is 0 Å². The van der Waals surface area contributed by atoms with Crippen LogP contribution in [0.2, 0.25) is 0 Å². The molecule has 118 valence electrons. The first-order chi connectivity index (χ1) is 10.5. The molecule has 0 bridgehead atoms. The zero-order chi connectivity index (χ0) is 15.9. The fraction of sp³-hybridized carbons (Fsp3) is 0.562. The highest BCUT2D eigenvalue weighted by atomic mass is 16.2. The van der Waals surface area contributed by atoms with Crippen LogP contribution < -0.4 is 5.73 Å². The maximum atomic E-state index is 12.9. The minimum Gasteiger partial charge on any atom is -0.339 e. The molecule has 0 radical (unpaired) electrons. The Hall–Kier alpha value is -1.95. The number of likely N-dealkylation sites (tertiary alicyclic amines) is 1. The number of hydrogen-bond acceptors (Lipinski definition) is 4. The number of piperidine rings is 1. The van der Waals surface area contributed by atoms with E-state index in [0.717, 1.165) is 42.7 Å². The molecule has 1 aliphatic rings. The van der Waals surface area contributed by atoms with Gasteiger partial charge in [-0.25, -0.2) is 9.67 Å². The third kappa shape index (κ3) is 2.59. The van der Waals surface area contributed by atoms with Crippen LogP contribution >= 0.6 is 0 Å². The van der Waals surface area contributed by atoms with Crippen LogP contribution in [0.5, 0.6) is 0 Å². The van der Waals surface area contributed by atoms with Crippen molar-refractivity contribution in [1.29, 1.82) is 0 Å². The Morgan fingerprint density at radius 3 is 2.68 bits per heavy atom. The fourth-order valence-corrected chi connectivity index (χ4v) is 2.97. The lowest BCUT2D eigenvalue weighted by Crippen LogP contribution is -2.42. The second kappa shape index (κ2) is 5.68. The van der Waals surface area contributed by atoms with Gasteiger partial charge in [0.25, 0.3) is 5.91 Å². The molecule has 1 amide bonds. The lowest BCUT2D eigenvalue weighted by Gasteiger charge is -2.30. The van der Waals surface area contributed by atoms with E-state index in [-0.39, 0.29) is 18.0 Å². The number of carbonyl (C=O) groups excluding carboxylic acids is 1. The summed E-state index contributed by atoms with van der Waals surface area (Å²) in [5, 5.41) is 5.23. The number of nitrogens with two attached hydrogens (primary N) is 1. The largest absolute Gasteiger partial charge is 0.339 e. The van der Waals surface area contributed by atoms with Gasteiger partial charge in [-0.3, -0.25) is 4.79 Å². The van der Waals surface area contributed by atoms with Crippen molar-refractivity contribution in [1.82, 2.24) is 19.7 Å². The molecule has 0 unspecified atom stereocenters. The summed E-state index contributed by atoms with van der Waals surface area (Å²) in [5.41, 5.74) is 8.25. The van der Waals surface area contributed by atoms with Gasteiger partial charge in [-0.15, -0.1) is 0 Å². The number of nitrogens with zero attached hydrogens (tertiary/aromatic N) is 4. The van der Waals surface area contributed by atoms with E-state index in [9.17, 15) is 4.79 Å². The average Bonchev–Trinajstić information content (AvgIpc) is 2.90. The number of pyridine rings is 1. The molecule has 1 saturated heterocycles. The SMILES string of the molecule is Cc1cc(C(=O)N2CCC(N)CC2)c2cnn(C(C)C)c2n1. The molecule has 0 spiro atoms. The molecule has 3 rings (SSSR count). The van der Waals surface area contributed by atoms with Gasteiger partial charge < -0.3 is 10.6 Å². The van der Waals surface area contributed by atoms with E-state index in [1.807, 2.05) is 22.6 Å². The van der Waals surface area contributed by atoms with Crippen molar-refractivity contribution < 1.29 is 4.79 Å². The summed E-state index contributed by atoms with van der Waals surface area (Å²) < 4.78 is 1.87. The summed E-state index contributed by atoms with van der Waals surface area (Å²) in [5.74, 6) is 0.0608. The normalized spacial score (nSPS) is 16.7. The van der Waals surface area contributed by atoms with Crippen molar-refractivity contribution in [2.75, 3.05) is 13.1 Å². The third-order valence-corrected chi connectivity index (χ3v) is 4.24. The van der Waals surface area contributed by atoms with Crippen LogP contribution in [-0.4, -0.2) is 44.7 Å². The van der Waals surface area contributed by atoms with Gasteiger partial charge in [-0.05, 0) is 39.7 Å². The van der Waals surface area contributed by atoms with Crippen molar-refractivity contribution in [3.63, 3.8) is 0 Å². The van der Waals surface area contributed by atoms with Crippen LogP contribution in [0.1, 0.15) is 48.8 Å². The van der Waals surface area contributed by atoms with Gasteiger partial charge in [-0.2, -0.15) is 5.10 Å². The summed E-state index contributed by atoms with van der Waals surface area (Å²) in [6, 6.07) is 2.29. The number of aryl methyl sites for hydroxylation is 1. The Kier molecular flexibility index (Phi) is 3.87. The Balaban J connectivity index is 2.01. The average molecular weight is 301 g/mol. The van der Waals surface area contributed by atoms with E-state index in [1.165, 1.54) is 0 Å². The van der Waals surface area contributed by atoms with E-state index in [2.05, 4.69) is 23.9 Å². The van der Waals surface area contributed by atoms with Crippen LogP contribution in [-0.2, 0) is 0 Å². The third-order valence-electron chi connectivity index (χ3n) is 4.24. The first-order valence-corrected chi connectivity index (χ1v) is 7.87. The van der Waals surface area contributed by atoms with Gasteiger partial charge in [0.2, 0.25) is 0 Å². The molecule has 0 saturated carbocycles. The molecule has 6 nitrogen and oxygen atoms in total. The second-order valence-electron chi connectivity index (χ2n) is 6.36. The summed E-state index contributed by atoms with van der Waals surface area (Å²) in [7, 11) is 0. The predicted molar refractivity (Wildman–Crippen MR) is 85.8 cm³/mol. The molecule has 1 fully saturated rings. The minimum absolute atomic E-state index is 0.0608. The molecule has 2 aromatic rings. The topological polar surface area (TPSA) is 77.0 Å². The number of carbonyl (C=O) groups is 1. The Labute approximate surface area is 130 Å². The van der Waals surface area contributed by atoms with Crippen LogP contribution in [0.15, 0.2) is 12.3 Å². The zero-order valence-corrected chi connectivity index (χ0v) is 13.4. The summed E-state index contributed by atoms with van der Waals surface area (Å²) in [4.78, 5) is 19.3. The van der Waals surface area contributed by atoms with Crippen molar-refractivity contribution in [3.8, 4) is 0 Å². The summed E-state index contributed by atoms with van der Waals surface area (Å²) in [6.45, 7) is 7.48. The second-order valence-corrected chi connectivity index (χ2v) is 6.36. The highest BCUT2D eigenvalue weighted by molar-refractivity contribution is 6.05. The summed E-state index contributed by atoms with van der Waals surface area (Å²) in [6.07, 6.45) is 3.49. The van der Waals surface area contributed by atoms with Gasteiger partial charge in [0.05, 0.1) is 17.1 Å². The molecule has 2 aromatic heterocycles. The number of fused-ring (bicyclic) bond motifs is 1. The maximum Gasteiger partial charge on any atom is 0.254 e. The Bertz CT molecular complexity index is 698. The van der Waals surface area contributed by atoms with Crippen LogP contribution in [0.25, 0.3) is 11.0 Å². The zero-order valence-electron chi connectivity index (χ0n) is 13.4. The molecule has 0 atom stereocenters. The van der Waals surface area contributed by atoms with Crippen molar-refractivity contribution in [2.45, 2.75) is 45.7 Å². The fourth-order valence-electron chi connectivity index (χ4n) is 2.97. The number of aromatic nitrogens is 3. The Morgan fingerprint density at radius 1 is 1.36 bits per heavy atom. The molecule has 22 heavy (non-hydrogen) atoms. The minimum atomic E-state index is 0.0608. The van der Waals surface area contributed by atoms with E-state index in [0.29, 0.717) is 5.56 Å². The summed E-state index contributed by atoms with van der Waals surface area (Å²) >= 11 is 0. The van der Waals surface area contributed by atoms with E-state index < -0.39 is 0 Å². The molecular weight excluding hydrogens is 278 g/mol. The Morgan fingerprint density at radius 2 is 2.05 bits per heavy atom. The predicted octanol–water partition coefficient (Wildman–Crippen LogP) is 1.88. The molecule has 6 heteroatoms. The van der Waals surface area contributed by atoms with E-state index in [1.54, 1.807) is 6.20 Å². The van der Waals surface area contributed by atoms with Crippen molar-refractivity contribution in [2.24, 2.45) is 5.73 Å². The van der Waals surface area contributed by atoms with E-state index in [4.69, 9.17) is 5.73 Å². The lowest BCUT2D eigenvalue weighted by molar-refractivity contribution is 0.0716. The van der Waals surface area contributed by atoms with E-state index >= 15 is 0 Å². The first-order valence-electron chi connectivity index (χ1n) is 7.87. The van der Waals surface area contributed by atoms with Crippen molar-refractivity contribution >= 4 is 16.9 Å². The molecule has 1 aliphatic heterocycles. The highest BCUT2D eigenvalue weighted by Crippen LogP contribution is 2.23. The van der Waals surface area contributed by atoms with Gasteiger partial charge in [0.15, 0.2) is 5.65 Å².